The molecule has 2 aromatic rings. The quantitative estimate of drug-likeness (QED) is 0.655. The first-order valence-electron chi connectivity index (χ1n) is 7.35. The summed E-state index contributed by atoms with van der Waals surface area (Å²) in [5.41, 5.74) is 5.25. The maximum atomic E-state index is 12.1. The van der Waals surface area contributed by atoms with Crippen LogP contribution < -0.4 is 15.5 Å². The number of amides is 2. The van der Waals surface area contributed by atoms with Gasteiger partial charge in [-0.05, 0) is 42.3 Å². The van der Waals surface area contributed by atoms with E-state index in [2.05, 4.69) is 15.8 Å². The van der Waals surface area contributed by atoms with Gasteiger partial charge in [-0.15, -0.1) is 0 Å². The molecule has 0 saturated carbocycles. The van der Waals surface area contributed by atoms with Crippen LogP contribution in [0.4, 0.5) is 5.69 Å². The van der Waals surface area contributed by atoms with Crippen molar-refractivity contribution in [2.75, 3.05) is 12.4 Å². The molecule has 2 amide bonds. The van der Waals surface area contributed by atoms with Crippen LogP contribution in [0.1, 0.15) is 28.4 Å². The van der Waals surface area contributed by atoms with Crippen LogP contribution in [-0.4, -0.2) is 25.1 Å². The molecule has 0 saturated heterocycles. The highest BCUT2D eigenvalue weighted by Gasteiger charge is 2.06. The molecule has 6 nitrogen and oxygen atoms in total. The molecular formula is C18H19N3O3. The number of carbonyl (C=O) groups excluding carboxylic acids is 2. The summed E-state index contributed by atoms with van der Waals surface area (Å²) in [6.45, 7) is 3.36. The molecule has 0 heterocycles. The third-order valence-electron chi connectivity index (χ3n) is 3.26. The van der Waals surface area contributed by atoms with Crippen molar-refractivity contribution < 1.29 is 14.3 Å². The van der Waals surface area contributed by atoms with Crippen LogP contribution in [0.15, 0.2) is 47.6 Å². The molecule has 0 spiro atoms. The third-order valence-corrected chi connectivity index (χ3v) is 3.26. The Morgan fingerprint density at radius 3 is 2.67 bits per heavy atom. The zero-order valence-corrected chi connectivity index (χ0v) is 13.8. The fourth-order valence-corrected chi connectivity index (χ4v) is 2.09. The van der Waals surface area contributed by atoms with Crippen LogP contribution in [0.3, 0.4) is 0 Å². The van der Waals surface area contributed by atoms with Crippen molar-refractivity contribution in [1.29, 1.82) is 0 Å². The molecular weight excluding hydrogens is 306 g/mol. The first-order valence-corrected chi connectivity index (χ1v) is 7.35. The molecule has 0 fully saturated rings. The molecule has 0 aliphatic carbocycles. The first kappa shape index (κ1) is 17.2. The van der Waals surface area contributed by atoms with Crippen LogP contribution in [0.25, 0.3) is 0 Å². The van der Waals surface area contributed by atoms with E-state index in [0.29, 0.717) is 11.3 Å². The van der Waals surface area contributed by atoms with Crippen molar-refractivity contribution in [3.63, 3.8) is 0 Å². The Morgan fingerprint density at radius 1 is 1.17 bits per heavy atom. The molecule has 2 aromatic carbocycles. The summed E-state index contributed by atoms with van der Waals surface area (Å²) in [4.78, 5) is 23.1. The largest absolute Gasteiger partial charge is 0.496 e. The second-order valence-corrected chi connectivity index (χ2v) is 5.19. The van der Waals surface area contributed by atoms with Gasteiger partial charge in [-0.1, -0.05) is 18.2 Å². The number of benzene rings is 2. The van der Waals surface area contributed by atoms with E-state index in [9.17, 15) is 9.59 Å². The van der Waals surface area contributed by atoms with Gasteiger partial charge in [-0.3, -0.25) is 9.59 Å². The van der Waals surface area contributed by atoms with E-state index in [0.717, 1.165) is 16.9 Å². The van der Waals surface area contributed by atoms with E-state index in [4.69, 9.17) is 4.74 Å². The molecule has 0 bridgehead atoms. The Labute approximate surface area is 140 Å². The van der Waals surface area contributed by atoms with Crippen LogP contribution in [0.5, 0.6) is 5.75 Å². The first-order chi connectivity index (χ1) is 11.5. The molecule has 0 unspecified atom stereocenters. The van der Waals surface area contributed by atoms with E-state index in [1.165, 1.54) is 13.1 Å². The van der Waals surface area contributed by atoms with E-state index in [1.54, 1.807) is 31.4 Å². The second-order valence-electron chi connectivity index (χ2n) is 5.19. The number of aryl methyl sites for hydroxylation is 1. The lowest BCUT2D eigenvalue weighted by Crippen LogP contribution is -2.18. The van der Waals surface area contributed by atoms with E-state index >= 15 is 0 Å². The monoisotopic (exact) mass is 325 g/mol. The summed E-state index contributed by atoms with van der Waals surface area (Å²) in [6, 6.07) is 12.3. The van der Waals surface area contributed by atoms with Gasteiger partial charge >= 0.3 is 0 Å². The smallest absolute Gasteiger partial charge is 0.271 e. The average molecular weight is 325 g/mol. The van der Waals surface area contributed by atoms with Gasteiger partial charge in [-0.25, -0.2) is 5.43 Å². The minimum Gasteiger partial charge on any atom is -0.496 e. The van der Waals surface area contributed by atoms with Crippen LogP contribution in [0, 0.1) is 6.92 Å². The van der Waals surface area contributed by atoms with Crippen molar-refractivity contribution in [2.45, 2.75) is 13.8 Å². The zero-order valence-electron chi connectivity index (χ0n) is 13.8. The maximum absolute atomic E-state index is 12.1. The lowest BCUT2D eigenvalue weighted by Gasteiger charge is -2.05. The molecule has 24 heavy (non-hydrogen) atoms. The Kier molecular flexibility index (Phi) is 5.68. The molecule has 124 valence electrons. The molecule has 6 heteroatoms. The number of methoxy groups -OCH3 is 1. The molecule has 0 aliphatic rings. The molecule has 2 rings (SSSR count). The topological polar surface area (TPSA) is 79.8 Å². The summed E-state index contributed by atoms with van der Waals surface area (Å²) in [7, 11) is 1.60. The zero-order chi connectivity index (χ0) is 17.5. The van der Waals surface area contributed by atoms with Gasteiger partial charge in [0.25, 0.3) is 5.91 Å². The summed E-state index contributed by atoms with van der Waals surface area (Å²) in [6.07, 6.45) is 1.54. The van der Waals surface area contributed by atoms with Crippen molar-refractivity contribution in [1.82, 2.24) is 5.43 Å². The van der Waals surface area contributed by atoms with Gasteiger partial charge < -0.3 is 10.1 Å². The Hall–Kier alpha value is -3.15. The Bertz CT molecular complexity index is 785. The SMILES string of the molecule is COc1cc(C=NNC(=O)c2cccc(NC(C)=O)c2)ccc1C. The second kappa shape index (κ2) is 7.92. The summed E-state index contributed by atoms with van der Waals surface area (Å²) in [5.74, 6) is 0.199. The summed E-state index contributed by atoms with van der Waals surface area (Å²) >= 11 is 0. The Morgan fingerprint density at radius 2 is 1.96 bits per heavy atom. The van der Waals surface area contributed by atoms with Gasteiger partial charge in [0.1, 0.15) is 5.75 Å². The van der Waals surface area contributed by atoms with E-state index < -0.39 is 0 Å². The molecule has 0 aliphatic heterocycles. The van der Waals surface area contributed by atoms with Gasteiger partial charge in [0.2, 0.25) is 5.91 Å². The van der Waals surface area contributed by atoms with Gasteiger partial charge in [-0.2, -0.15) is 5.10 Å². The normalized spacial score (nSPS) is 10.5. The number of carbonyl (C=O) groups is 2. The van der Waals surface area contributed by atoms with Crippen LogP contribution >= 0.6 is 0 Å². The minimum atomic E-state index is -0.363. The fourth-order valence-electron chi connectivity index (χ4n) is 2.09. The van der Waals surface area contributed by atoms with Crippen molar-refractivity contribution in [3.05, 3.63) is 59.2 Å². The highest BCUT2D eigenvalue weighted by Crippen LogP contribution is 2.17. The lowest BCUT2D eigenvalue weighted by atomic mass is 10.1. The van der Waals surface area contributed by atoms with Crippen LogP contribution in [0.2, 0.25) is 0 Å². The summed E-state index contributed by atoms with van der Waals surface area (Å²) < 4.78 is 5.24. The number of hydrazone groups is 1. The fraction of sp³-hybridized carbons (Fsp3) is 0.167. The molecule has 0 radical (unpaired) electrons. The number of ether oxygens (including phenoxy) is 1. The van der Waals surface area contributed by atoms with Crippen LogP contribution in [-0.2, 0) is 4.79 Å². The van der Waals surface area contributed by atoms with Gasteiger partial charge in [0.05, 0.1) is 13.3 Å². The van der Waals surface area contributed by atoms with Gasteiger partial charge in [0, 0.05) is 18.2 Å². The van der Waals surface area contributed by atoms with Gasteiger partial charge in [0.15, 0.2) is 0 Å². The number of hydrogen-bond donors (Lipinski definition) is 2. The average Bonchev–Trinajstić information content (AvgIpc) is 2.56. The number of hydrogen-bond acceptors (Lipinski definition) is 4. The predicted molar refractivity (Wildman–Crippen MR) is 93.5 cm³/mol. The molecule has 0 atom stereocenters. The van der Waals surface area contributed by atoms with Crippen molar-refractivity contribution >= 4 is 23.7 Å². The molecule has 0 aromatic heterocycles. The lowest BCUT2D eigenvalue weighted by molar-refractivity contribution is -0.114. The van der Waals surface area contributed by atoms with E-state index in [1.807, 2.05) is 25.1 Å². The maximum Gasteiger partial charge on any atom is 0.271 e. The van der Waals surface area contributed by atoms with Crippen molar-refractivity contribution in [3.8, 4) is 5.75 Å². The standard InChI is InChI=1S/C18H19N3O3/c1-12-7-8-14(9-17(12)24-3)11-19-21-18(23)15-5-4-6-16(10-15)20-13(2)22/h4-11H,1-3H3,(H,20,22)(H,21,23). The highest BCUT2D eigenvalue weighted by atomic mass is 16.5. The summed E-state index contributed by atoms with van der Waals surface area (Å²) in [5, 5.41) is 6.57. The van der Waals surface area contributed by atoms with E-state index in [-0.39, 0.29) is 11.8 Å². The minimum absolute atomic E-state index is 0.195. The Balaban J connectivity index is 2.03. The molecule has 2 N–H and O–H groups in total. The number of anilines is 1. The number of nitrogens with one attached hydrogen (secondary N) is 2. The predicted octanol–water partition coefficient (Wildman–Crippen LogP) is 2.73. The highest BCUT2D eigenvalue weighted by molar-refractivity contribution is 5.97. The third kappa shape index (κ3) is 4.67. The number of rotatable bonds is 5. The van der Waals surface area contributed by atoms with Crippen molar-refractivity contribution in [2.24, 2.45) is 5.10 Å². The number of nitrogens with zero attached hydrogens (tertiary/aromatic N) is 1.